The summed E-state index contributed by atoms with van der Waals surface area (Å²) in [6.07, 6.45) is 3.09. The predicted molar refractivity (Wildman–Crippen MR) is 75.5 cm³/mol. The van der Waals surface area contributed by atoms with Crippen LogP contribution in [0, 0.1) is 5.92 Å². The zero-order valence-corrected chi connectivity index (χ0v) is 12.1. The standard InChI is InChI=1S/C14H20N2O3S/c15-9-10-1-5-12(6-2-10)20(17,18)16-13-7-8-19-14(13)11-3-4-11/h1-2,5-6,11,13-14,16H,3-4,7-9,15H2. The highest BCUT2D eigenvalue weighted by atomic mass is 32.2. The van der Waals surface area contributed by atoms with Crippen LogP contribution in [0.15, 0.2) is 29.2 Å². The van der Waals surface area contributed by atoms with Gasteiger partial charge in [0.05, 0.1) is 17.0 Å². The third kappa shape index (κ3) is 2.88. The summed E-state index contributed by atoms with van der Waals surface area (Å²) in [6.45, 7) is 1.05. The lowest BCUT2D eigenvalue weighted by Crippen LogP contribution is -2.41. The molecule has 1 aromatic rings. The third-order valence-corrected chi connectivity index (χ3v) is 5.50. The molecule has 3 rings (SSSR count). The summed E-state index contributed by atoms with van der Waals surface area (Å²) in [4.78, 5) is 0.288. The minimum atomic E-state index is -3.48. The number of benzene rings is 1. The molecule has 1 aromatic carbocycles. The quantitative estimate of drug-likeness (QED) is 0.849. The van der Waals surface area contributed by atoms with E-state index in [1.54, 1.807) is 24.3 Å². The van der Waals surface area contributed by atoms with Gasteiger partial charge in [-0.15, -0.1) is 0 Å². The molecule has 3 N–H and O–H groups in total. The Bertz CT molecular complexity index is 567. The van der Waals surface area contributed by atoms with E-state index in [1.165, 1.54) is 0 Å². The lowest BCUT2D eigenvalue weighted by molar-refractivity contribution is 0.0848. The van der Waals surface area contributed by atoms with Gasteiger partial charge in [0.25, 0.3) is 0 Å². The topological polar surface area (TPSA) is 81.4 Å². The number of nitrogens with two attached hydrogens (primary N) is 1. The second kappa shape index (κ2) is 5.44. The number of rotatable bonds is 5. The van der Waals surface area contributed by atoms with Crippen LogP contribution in [0.5, 0.6) is 0 Å². The van der Waals surface area contributed by atoms with Crippen molar-refractivity contribution >= 4 is 10.0 Å². The highest BCUT2D eigenvalue weighted by Gasteiger charge is 2.42. The smallest absolute Gasteiger partial charge is 0.240 e. The zero-order chi connectivity index (χ0) is 14.2. The Labute approximate surface area is 119 Å². The van der Waals surface area contributed by atoms with Gasteiger partial charge in [-0.25, -0.2) is 13.1 Å². The van der Waals surface area contributed by atoms with E-state index in [-0.39, 0.29) is 17.0 Å². The predicted octanol–water partition coefficient (Wildman–Crippen LogP) is 0.991. The van der Waals surface area contributed by atoms with E-state index >= 15 is 0 Å². The first-order valence-electron chi connectivity index (χ1n) is 7.03. The first-order valence-corrected chi connectivity index (χ1v) is 8.51. The largest absolute Gasteiger partial charge is 0.376 e. The third-order valence-electron chi connectivity index (χ3n) is 4.00. The van der Waals surface area contributed by atoms with Crippen LogP contribution in [0.25, 0.3) is 0 Å². The van der Waals surface area contributed by atoms with Gasteiger partial charge in [0, 0.05) is 13.2 Å². The molecule has 0 amide bonds. The lowest BCUT2D eigenvalue weighted by atomic mass is 10.1. The molecule has 20 heavy (non-hydrogen) atoms. The summed E-state index contributed by atoms with van der Waals surface area (Å²) in [7, 11) is -3.48. The first kappa shape index (κ1) is 14.0. The Kier molecular flexibility index (Phi) is 3.81. The summed E-state index contributed by atoms with van der Waals surface area (Å²) in [5.74, 6) is 0.532. The van der Waals surface area contributed by atoms with Gasteiger partial charge in [-0.05, 0) is 42.9 Å². The van der Waals surface area contributed by atoms with Gasteiger partial charge in [0.1, 0.15) is 0 Å². The Morgan fingerprint density at radius 1 is 1.20 bits per heavy atom. The molecule has 1 heterocycles. The lowest BCUT2D eigenvalue weighted by Gasteiger charge is -2.19. The van der Waals surface area contributed by atoms with E-state index in [9.17, 15) is 8.42 Å². The van der Waals surface area contributed by atoms with Crippen molar-refractivity contribution in [3.05, 3.63) is 29.8 Å². The Morgan fingerprint density at radius 3 is 2.50 bits per heavy atom. The maximum Gasteiger partial charge on any atom is 0.240 e. The molecule has 1 saturated carbocycles. The number of ether oxygens (including phenoxy) is 1. The molecule has 6 heteroatoms. The van der Waals surface area contributed by atoms with E-state index < -0.39 is 10.0 Å². The number of hydrogen-bond acceptors (Lipinski definition) is 4. The van der Waals surface area contributed by atoms with Crippen LogP contribution in [0.1, 0.15) is 24.8 Å². The molecule has 1 aliphatic carbocycles. The molecule has 0 aromatic heterocycles. The van der Waals surface area contributed by atoms with Crippen LogP contribution in [0.4, 0.5) is 0 Å². The van der Waals surface area contributed by atoms with Gasteiger partial charge in [0.15, 0.2) is 0 Å². The van der Waals surface area contributed by atoms with E-state index in [0.29, 0.717) is 19.1 Å². The van der Waals surface area contributed by atoms with Crippen molar-refractivity contribution in [3.8, 4) is 0 Å². The molecule has 2 atom stereocenters. The van der Waals surface area contributed by atoms with Crippen LogP contribution in [0.3, 0.4) is 0 Å². The molecule has 2 unspecified atom stereocenters. The molecular formula is C14H20N2O3S. The van der Waals surface area contributed by atoms with Crippen LogP contribution in [-0.4, -0.2) is 27.2 Å². The summed E-state index contributed by atoms with van der Waals surface area (Å²) < 4.78 is 33.2. The van der Waals surface area contributed by atoms with Gasteiger partial charge in [-0.1, -0.05) is 12.1 Å². The average Bonchev–Trinajstić information content (AvgIpc) is 3.19. The molecule has 1 saturated heterocycles. The van der Waals surface area contributed by atoms with Crippen molar-refractivity contribution in [1.29, 1.82) is 0 Å². The van der Waals surface area contributed by atoms with Gasteiger partial charge >= 0.3 is 0 Å². The highest BCUT2D eigenvalue weighted by molar-refractivity contribution is 7.89. The second-order valence-corrected chi connectivity index (χ2v) is 7.25. The molecule has 0 radical (unpaired) electrons. The normalized spacial score (nSPS) is 26.9. The van der Waals surface area contributed by atoms with E-state index in [4.69, 9.17) is 10.5 Å². The SMILES string of the molecule is NCc1ccc(S(=O)(=O)NC2CCOC2C2CC2)cc1. The first-order chi connectivity index (χ1) is 9.60. The summed E-state index contributed by atoms with van der Waals surface area (Å²) in [6, 6.07) is 6.61. The summed E-state index contributed by atoms with van der Waals surface area (Å²) in [5.41, 5.74) is 6.44. The number of nitrogens with one attached hydrogen (secondary N) is 1. The zero-order valence-electron chi connectivity index (χ0n) is 11.3. The van der Waals surface area contributed by atoms with Crippen LogP contribution < -0.4 is 10.5 Å². The second-order valence-electron chi connectivity index (χ2n) is 5.54. The maximum atomic E-state index is 12.4. The van der Waals surface area contributed by atoms with Crippen molar-refractivity contribution in [2.75, 3.05) is 6.61 Å². The van der Waals surface area contributed by atoms with Crippen molar-refractivity contribution in [2.24, 2.45) is 11.7 Å². The Morgan fingerprint density at radius 2 is 1.90 bits per heavy atom. The van der Waals surface area contributed by atoms with Gasteiger partial charge in [-0.3, -0.25) is 0 Å². The molecule has 2 aliphatic rings. The van der Waals surface area contributed by atoms with E-state index in [2.05, 4.69) is 4.72 Å². The number of hydrogen-bond donors (Lipinski definition) is 2. The minimum absolute atomic E-state index is 0.0492. The Hall–Kier alpha value is -0.950. The fraction of sp³-hybridized carbons (Fsp3) is 0.571. The molecule has 110 valence electrons. The van der Waals surface area contributed by atoms with Crippen molar-refractivity contribution < 1.29 is 13.2 Å². The molecule has 0 spiro atoms. The molecular weight excluding hydrogens is 276 g/mol. The number of sulfonamides is 1. The van der Waals surface area contributed by atoms with Gasteiger partial charge in [-0.2, -0.15) is 0 Å². The minimum Gasteiger partial charge on any atom is -0.376 e. The average molecular weight is 296 g/mol. The van der Waals surface area contributed by atoms with Crippen molar-refractivity contribution in [1.82, 2.24) is 4.72 Å². The molecule has 2 fully saturated rings. The van der Waals surface area contributed by atoms with Crippen molar-refractivity contribution in [3.63, 3.8) is 0 Å². The maximum absolute atomic E-state index is 12.4. The van der Waals surface area contributed by atoms with E-state index in [1.807, 2.05) is 0 Å². The fourth-order valence-corrected chi connectivity index (χ4v) is 3.98. The molecule has 0 bridgehead atoms. The summed E-state index contributed by atoms with van der Waals surface area (Å²) >= 11 is 0. The van der Waals surface area contributed by atoms with Crippen LogP contribution in [0.2, 0.25) is 0 Å². The van der Waals surface area contributed by atoms with Crippen LogP contribution in [-0.2, 0) is 21.3 Å². The van der Waals surface area contributed by atoms with Gasteiger partial charge in [0.2, 0.25) is 10.0 Å². The molecule has 5 nitrogen and oxygen atoms in total. The van der Waals surface area contributed by atoms with Crippen molar-refractivity contribution in [2.45, 2.75) is 42.8 Å². The fourth-order valence-electron chi connectivity index (χ4n) is 2.70. The molecule has 1 aliphatic heterocycles. The Balaban J connectivity index is 1.73. The summed E-state index contributed by atoms with van der Waals surface area (Å²) in [5, 5.41) is 0. The van der Waals surface area contributed by atoms with Gasteiger partial charge < -0.3 is 10.5 Å². The van der Waals surface area contributed by atoms with Crippen LogP contribution >= 0.6 is 0 Å². The van der Waals surface area contributed by atoms with E-state index in [0.717, 1.165) is 24.8 Å². The highest BCUT2D eigenvalue weighted by Crippen LogP contribution is 2.39. The monoisotopic (exact) mass is 296 g/mol.